The van der Waals surface area contributed by atoms with E-state index >= 15 is 0 Å². The van der Waals surface area contributed by atoms with Gasteiger partial charge in [0.1, 0.15) is 30.0 Å². The third kappa shape index (κ3) is 8.09. The van der Waals surface area contributed by atoms with E-state index in [2.05, 4.69) is 36.2 Å². The number of benzene rings is 2. The molecule has 1 saturated carbocycles. The summed E-state index contributed by atoms with van der Waals surface area (Å²) in [6.45, 7) is 5.43. The van der Waals surface area contributed by atoms with Crippen molar-refractivity contribution in [2.75, 3.05) is 5.32 Å². The summed E-state index contributed by atoms with van der Waals surface area (Å²) >= 11 is 1.02. The van der Waals surface area contributed by atoms with Gasteiger partial charge in [0.15, 0.2) is 16.9 Å². The van der Waals surface area contributed by atoms with Gasteiger partial charge in [-0.25, -0.2) is 19.6 Å². The van der Waals surface area contributed by atoms with Gasteiger partial charge in [-0.3, -0.25) is 19.6 Å². The van der Waals surface area contributed by atoms with Crippen LogP contribution in [0.4, 0.5) is 9.93 Å². The Bertz CT molecular complexity index is 1800. The van der Waals surface area contributed by atoms with Crippen LogP contribution in [0.3, 0.4) is 0 Å². The van der Waals surface area contributed by atoms with Gasteiger partial charge in [0.25, 0.3) is 5.91 Å². The van der Waals surface area contributed by atoms with Gasteiger partial charge in [-0.1, -0.05) is 65.8 Å². The van der Waals surface area contributed by atoms with Crippen molar-refractivity contribution in [2.45, 2.75) is 69.5 Å². The van der Waals surface area contributed by atoms with Crippen LogP contribution in [-0.2, 0) is 35.2 Å². The second-order valence-corrected chi connectivity index (χ2v) is 13.3. The summed E-state index contributed by atoms with van der Waals surface area (Å²) in [4.78, 5) is 66.3. The molecule has 6 rings (SSSR count). The first-order chi connectivity index (χ1) is 23.5. The third-order valence-electron chi connectivity index (χ3n) is 7.54. The van der Waals surface area contributed by atoms with Crippen molar-refractivity contribution < 1.29 is 33.5 Å². The predicted octanol–water partition coefficient (Wildman–Crippen LogP) is 3.35. The van der Waals surface area contributed by atoms with E-state index in [9.17, 15) is 19.2 Å². The summed E-state index contributed by atoms with van der Waals surface area (Å²) in [5.74, 6) is -1.84. The standard InChI is InChI=1S/C33H34N8O7S/c1-32(2,3)47-31(45)39-30-37-23(17-49-30)25(28(43)38-24-22(36-27(24)42)16-41-19-34-18-35-41)40-48-33(14-15-33)29(44)46-26(20-10-6-4-7-11-20)21-12-8-5-9-13-21/h4-13,17-19,22,24,26H,14-16H2,1-3H3,(H,36,42)(H,38,43)(H,37,39,45)/b40-25-/t22-,24+/m1/s1. The lowest BCUT2D eigenvalue weighted by Crippen LogP contribution is -2.70. The van der Waals surface area contributed by atoms with Crippen LogP contribution < -0.4 is 16.0 Å². The number of thiazole rings is 1. The summed E-state index contributed by atoms with van der Waals surface area (Å²) < 4.78 is 12.9. The van der Waals surface area contributed by atoms with E-state index in [1.165, 1.54) is 22.7 Å². The van der Waals surface area contributed by atoms with Crippen molar-refractivity contribution in [2.24, 2.45) is 5.16 Å². The number of ether oxygens (including phenoxy) is 2. The largest absolute Gasteiger partial charge is 0.450 e. The average molecular weight is 687 g/mol. The Kier molecular flexibility index (Phi) is 9.40. The summed E-state index contributed by atoms with van der Waals surface area (Å²) in [6, 6.07) is 17.2. The van der Waals surface area contributed by atoms with E-state index in [-0.39, 0.29) is 23.1 Å². The van der Waals surface area contributed by atoms with E-state index in [4.69, 9.17) is 14.3 Å². The molecule has 0 unspecified atom stereocenters. The number of oxime groups is 1. The molecule has 49 heavy (non-hydrogen) atoms. The first-order valence-electron chi connectivity index (χ1n) is 15.5. The average Bonchev–Trinajstić information content (AvgIpc) is 3.42. The first kappa shape index (κ1) is 33.3. The Morgan fingerprint density at radius 1 is 1.08 bits per heavy atom. The number of rotatable bonds is 12. The molecule has 254 valence electrons. The molecular weight excluding hydrogens is 652 g/mol. The van der Waals surface area contributed by atoms with E-state index in [0.29, 0.717) is 12.8 Å². The number of carbonyl (C=O) groups excluding carboxylic acids is 4. The van der Waals surface area contributed by atoms with Crippen molar-refractivity contribution in [3.05, 3.63) is 95.5 Å². The minimum atomic E-state index is -1.44. The zero-order chi connectivity index (χ0) is 34.6. The first-order valence-corrected chi connectivity index (χ1v) is 16.3. The van der Waals surface area contributed by atoms with E-state index in [0.717, 1.165) is 22.5 Å². The Hall–Kier alpha value is -5.64. The number of nitrogens with zero attached hydrogens (tertiary/aromatic N) is 5. The third-order valence-corrected chi connectivity index (χ3v) is 8.29. The highest BCUT2D eigenvalue weighted by Gasteiger charge is 2.56. The van der Waals surface area contributed by atoms with Crippen molar-refractivity contribution in [3.63, 3.8) is 0 Å². The Morgan fingerprint density at radius 2 is 1.76 bits per heavy atom. The van der Waals surface area contributed by atoms with Crippen molar-refractivity contribution in [1.29, 1.82) is 0 Å². The minimum absolute atomic E-state index is 0.0386. The number of anilines is 1. The molecule has 2 aliphatic rings. The number of carbonyl (C=O) groups is 4. The van der Waals surface area contributed by atoms with Gasteiger partial charge in [-0.15, -0.1) is 11.3 Å². The van der Waals surface area contributed by atoms with Crippen LogP contribution in [0.5, 0.6) is 0 Å². The monoisotopic (exact) mass is 686 g/mol. The quantitative estimate of drug-likeness (QED) is 0.0863. The number of β-lactam (4-membered cyclic amide) rings is 1. The summed E-state index contributed by atoms with van der Waals surface area (Å²) in [7, 11) is 0. The fourth-order valence-corrected chi connectivity index (χ4v) is 5.59. The van der Waals surface area contributed by atoms with Crippen molar-refractivity contribution in [3.8, 4) is 0 Å². The normalized spacial score (nSPS) is 18.1. The molecule has 0 bridgehead atoms. The predicted molar refractivity (Wildman–Crippen MR) is 176 cm³/mol. The lowest BCUT2D eigenvalue weighted by Gasteiger charge is -2.36. The van der Waals surface area contributed by atoms with Gasteiger partial charge in [-0.2, -0.15) is 5.10 Å². The maximum Gasteiger partial charge on any atom is 0.413 e. The molecule has 15 nitrogen and oxygen atoms in total. The maximum absolute atomic E-state index is 13.7. The molecule has 2 fully saturated rings. The summed E-state index contributed by atoms with van der Waals surface area (Å²) in [6.07, 6.45) is 2.01. The van der Waals surface area contributed by atoms with E-state index in [1.807, 2.05) is 60.7 Å². The van der Waals surface area contributed by atoms with Gasteiger partial charge in [0, 0.05) is 18.2 Å². The number of esters is 1. The van der Waals surface area contributed by atoms with E-state index in [1.54, 1.807) is 20.8 Å². The molecule has 3 amide bonds. The highest BCUT2D eigenvalue weighted by molar-refractivity contribution is 7.14. The van der Waals surface area contributed by atoms with Crippen LogP contribution in [0.25, 0.3) is 0 Å². The van der Waals surface area contributed by atoms with Gasteiger partial charge in [0.2, 0.25) is 11.5 Å². The molecule has 0 spiro atoms. The smallest absolute Gasteiger partial charge is 0.413 e. The molecule has 16 heteroatoms. The van der Waals surface area contributed by atoms with Crippen molar-refractivity contribution in [1.82, 2.24) is 30.4 Å². The number of aromatic nitrogens is 4. The zero-order valence-electron chi connectivity index (χ0n) is 26.9. The fraction of sp³-hybridized carbons (Fsp3) is 0.333. The highest BCUT2D eigenvalue weighted by atomic mass is 32.1. The van der Waals surface area contributed by atoms with Crippen LogP contribution in [0.1, 0.15) is 56.5 Å². The summed E-state index contributed by atoms with van der Waals surface area (Å²) in [5, 5.41) is 17.8. The molecule has 3 heterocycles. The van der Waals surface area contributed by atoms with Crippen LogP contribution in [0.2, 0.25) is 0 Å². The molecule has 2 aromatic carbocycles. The second kappa shape index (κ2) is 13.8. The molecule has 1 saturated heterocycles. The number of hydrogen-bond acceptors (Lipinski definition) is 12. The molecule has 3 N–H and O–H groups in total. The minimum Gasteiger partial charge on any atom is -0.450 e. The van der Waals surface area contributed by atoms with Crippen LogP contribution in [-0.4, -0.2) is 72.6 Å². The van der Waals surface area contributed by atoms with Crippen LogP contribution in [0, 0.1) is 0 Å². The highest BCUT2D eigenvalue weighted by Crippen LogP contribution is 2.43. The Balaban J connectivity index is 1.23. The molecule has 2 aromatic heterocycles. The SMILES string of the molecule is CC(C)(C)OC(=O)Nc1nc(/C(=N/OC2(C(=O)OC(c3ccccc3)c3ccccc3)CC2)C(=O)N[C@@H]2C(=O)N[C@@H]2Cn2cncn2)cs1. The maximum atomic E-state index is 13.7. The lowest BCUT2D eigenvalue weighted by atomic mass is 9.98. The molecule has 0 radical (unpaired) electrons. The summed E-state index contributed by atoms with van der Waals surface area (Å²) in [5.41, 5.74) is -0.915. The van der Waals surface area contributed by atoms with Gasteiger partial charge < -0.3 is 24.9 Å². The number of hydrogen-bond donors (Lipinski definition) is 3. The second-order valence-electron chi connectivity index (χ2n) is 12.5. The molecule has 1 aliphatic carbocycles. The topological polar surface area (TPSA) is 188 Å². The van der Waals surface area contributed by atoms with Crippen LogP contribution >= 0.6 is 11.3 Å². The van der Waals surface area contributed by atoms with Gasteiger partial charge in [-0.05, 0) is 31.9 Å². The number of amides is 3. The van der Waals surface area contributed by atoms with Gasteiger partial charge >= 0.3 is 12.1 Å². The van der Waals surface area contributed by atoms with Crippen LogP contribution in [0.15, 0.2) is 83.9 Å². The molecule has 1 aliphatic heterocycles. The van der Waals surface area contributed by atoms with E-state index < -0.39 is 53.3 Å². The fourth-order valence-electron chi connectivity index (χ4n) is 4.91. The molecule has 4 aromatic rings. The zero-order valence-corrected chi connectivity index (χ0v) is 27.7. The Morgan fingerprint density at radius 3 is 2.33 bits per heavy atom. The lowest BCUT2D eigenvalue weighted by molar-refractivity contribution is -0.164. The Labute approximate surface area is 285 Å². The van der Waals surface area contributed by atoms with Gasteiger partial charge in [0.05, 0.1) is 12.6 Å². The number of nitrogens with one attached hydrogen (secondary N) is 3. The molecular formula is C33H34N8O7S. The van der Waals surface area contributed by atoms with Crippen molar-refractivity contribution >= 4 is 46.1 Å². The molecule has 2 atom stereocenters.